The van der Waals surface area contributed by atoms with E-state index < -0.39 is 15.9 Å². The fourth-order valence-corrected chi connectivity index (χ4v) is 5.65. The number of piperidine rings is 1. The molecule has 7 nitrogen and oxygen atoms in total. The van der Waals surface area contributed by atoms with Gasteiger partial charge in [-0.3, -0.25) is 9.59 Å². The van der Waals surface area contributed by atoms with Gasteiger partial charge in [-0.1, -0.05) is 30.7 Å². The molecule has 30 heavy (non-hydrogen) atoms. The number of nitrogens with two attached hydrogens (primary N) is 1. The lowest BCUT2D eigenvalue weighted by Crippen LogP contribution is -2.35. The SMILES string of the molecule is NC(=O)CSc1ccccc1C(=O)NCc1cccc(S(=O)(=O)N2CCCCC2)c1. The van der Waals surface area contributed by atoms with Gasteiger partial charge in [0.25, 0.3) is 5.91 Å². The maximum Gasteiger partial charge on any atom is 0.252 e. The molecule has 0 unspecified atom stereocenters. The monoisotopic (exact) mass is 447 g/mol. The second kappa shape index (κ2) is 10.1. The van der Waals surface area contributed by atoms with E-state index in [4.69, 9.17) is 5.73 Å². The van der Waals surface area contributed by atoms with Crippen LogP contribution in [0.3, 0.4) is 0 Å². The molecule has 0 radical (unpaired) electrons. The molecule has 3 rings (SSSR count). The number of amides is 2. The van der Waals surface area contributed by atoms with Gasteiger partial charge in [0.2, 0.25) is 15.9 Å². The van der Waals surface area contributed by atoms with E-state index in [-0.39, 0.29) is 23.1 Å². The van der Waals surface area contributed by atoms with Gasteiger partial charge in [0.05, 0.1) is 16.2 Å². The normalized spacial score (nSPS) is 14.9. The first-order valence-corrected chi connectivity index (χ1v) is 12.2. The Balaban J connectivity index is 1.69. The highest BCUT2D eigenvalue weighted by molar-refractivity contribution is 8.00. The van der Waals surface area contributed by atoms with Gasteiger partial charge in [-0.2, -0.15) is 4.31 Å². The highest BCUT2D eigenvalue weighted by Crippen LogP contribution is 2.23. The molecule has 1 aliphatic heterocycles. The highest BCUT2D eigenvalue weighted by Gasteiger charge is 2.26. The van der Waals surface area contributed by atoms with Crippen molar-refractivity contribution in [3.05, 3.63) is 59.7 Å². The summed E-state index contributed by atoms with van der Waals surface area (Å²) in [4.78, 5) is 24.6. The number of primary amides is 1. The van der Waals surface area contributed by atoms with Crippen LogP contribution in [0.2, 0.25) is 0 Å². The molecule has 2 aromatic carbocycles. The number of sulfonamides is 1. The number of nitrogens with zero attached hydrogens (tertiary/aromatic N) is 1. The second-order valence-corrected chi connectivity index (χ2v) is 10.0. The minimum Gasteiger partial charge on any atom is -0.369 e. The first-order chi connectivity index (χ1) is 14.4. The summed E-state index contributed by atoms with van der Waals surface area (Å²) in [5.41, 5.74) is 6.33. The largest absolute Gasteiger partial charge is 0.369 e. The molecule has 3 N–H and O–H groups in total. The molecule has 9 heteroatoms. The standard InChI is InChI=1S/C21H25N3O4S2/c22-20(25)15-29-19-10-3-2-9-18(19)21(26)23-14-16-7-6-8-17(13-16)30(27,28)24-11-4-1-5-12-24/h2-3,6-10,13H,1,4-5,11-12,14-15H2,(H2,22,25)(H,23,26). The summed E-state index contributed by atoms with van der Waals surface area (Å²) in [6.07, 6.45) is 2.81. The van der Waals surface area contributed by atoms with E-state index >= 15 is 0 Å². The van der Waals surface area contributed by atoms with E-state index in [1.54, 1.807) is 48.5 Å². The third-order valence-electron chi connectivity index (χ3n) is 4.81. The average molecular weight is 448 g/mol. The van der Waals surface area contributed by atoms with E-state index in [0.29, 0.717) is 29.1 Å². The molecule has 0 spiro atoms. The van der Waals surface area contributed by atoms with E-state index in [9.17, 15) is 18.0 Å². The Bertz CT molecular complexity index is 1020. The van der Waals surface area contributed by atoms with Crippen molar-refractivity contribution in [3.8, 4) is 0 Å². The molecule has 2 amide bonds. The zero-order valence-electron chi connectivity index (χ0n) is 16.5. The van der Waals surface area contributed by atoms with E-state index in [1.807, 2.05) is 0 Å². The van der Waals surface area contributed by atoms with Gasteiger partial charge in [-0.15, -0.1) is 11.8 Å². The topological polar surface area (TPSA) is 110 Å². The van der Waals surface area contributed by atoms with Gasteiger partial charge >= 0.3 is 0 Å². The third kappa shape index (κ3) is 5.62. The molecule has 0 aromatic heterocycles. The Kier molecular flexibility index (Phi) is 7.52. The molecule has 0 aliphatic carbocycles. The molecule has 160 valence electrons. The van der Waals surface area contributed by atoms with Gasteiger partial charge in [0, 0.05) is 24.5 Å². The van der Waals surface area contributed by atoms with Crippen LogP contribution in [0.5, 0.6) is 0 Å². The lowest BCUT2D eigenvalue weighted by Gasteiger charge is -2.26. The molecule has 0 atom stereocenters. The molecular weight excluding hydrogens is 422 g/mol. The van der Waals surface area contributed by atoms with Gasteiger partial charge in [-0.25, -0.2) is 8.42 Å². The lowest BCUT2D eigenvalue weighted by molar-refractivity contribution is -0.115. The van der Waals surface area contributed by atoms with Crippen LogP contribution in [0.25, 0.3) is 0 Å². The summed E-state index contributed by atoms with van der Waals surface area (Å²) in [6.45, 7) is 1.28. The smallest absolute Gasteiger partial charge is 0.252 e. The predicted octanol–water partition coefficient (Wildman–Crippen LogP) is 2.37. The second-order valence-electron chi connectivity index (χ2n) is 7.05. The van der Waals surface area contributed by atoms with Crippen molar-refractivity contribution >= 4 is 33.6 Å². The number of thioether (sulfide) groups is 1. The third-order valence-corrected chi connectivity index (χ3v) is 7.80. The summed E-state index contributed by atoms with van der Waals surface area (Å²) in [7, 11) is -3.52. The van der Waals surface area contributed by atoms with E-state index in [0.717, 1.165) is 19.3 Å². The number of rotatable bonds is 8. The number of nitrogens with one attached hydrogen (secondary N) is 1. The van der Waals surface area contributed by atoms with Crippen LogP contribution >= 0.6 is 11.8 Å². The number of hydrogen-bond donors (Lipinski definition) is 2. The predicted molar refractivity (Wildman–Crippen MR) is 117 cm³/mol. The quantitative estimate of drug-likeness (QED) is 0.604. The van der Waals surface area contributed by atoms with Crippen LogP contribution in [0.4, 0.5) is 0 Å². The van der Waals surface area contributed by atoms with Crippen LogP contribution in [0.15, 0.2) is 58.3 Å². The highest BCUT2D eigenvalue weighted by atomic mass is 32.2. The Morgan fingerprint density at radius 3 is 2.50 bits per heavy atom. The van der Waals surface area contributed by atoms with Crippen molar-refractivity contribution in [2.24, 2.45) is 5.73 Å². The van der Waals surface area contributed by atoms with Crippen LogP contribution in [0, 0.1) is 0 Å². The van der Waals surface area contributed by atoms with Crippen LogP contribution in [-0.2, 0) is 21.4 Å². The minimum atomic E-state index is -3.52. The summed E-state index contributed by atoms with van der Waals surface area (Å²) >= 11 is 1.21. The van der Waals surface area contributed by atoms with Gasteiger partial charge in [0.15, 0.2) is 0 Å². The summed E-state index contributed by atoms with van der Waals surface area (Å²) < 4.78 is 27.3. The van der Waals surface area contributed by atoms with Crippen molar-refractivity contribution in [1.29, 1.82) is 0 Å². The lowest BCUT2D eigenvalue weighted by atomic mass is 10.2. The summed E-state index contributed by atoms with van der Waals surface area (Å²) in [5, 5.41) is 2.82. The Morgan fingerprint density at radius 2 is 1.77 bits per heavy atom. The van der Waals surface area contributed by atoms with Gasteiger partial charge in [0.1, 0.15) is 0 Å². The Hall–Kier alpha value is -2.36. The number of carbonyl (C=O) groups is 2. The Labute approximate surface area is 181 Å². The fraction of sp³-hybridized carbons (Fsp3) is 0.333. The van der Waals surface area contributed by atoms with Crippen LogP contribution < -0.4 is 11.1 Å². The fourth-order valence-electron chi connectivity index (χ4n) is 3.28. The van der Waals surface area contributed by atoms with Crippen molar-refractivity contribution < 1.29 is 18.0 Å². The minimum absolute atomic E-state index is 0.0840. The van der Waals surface area contributed by atoms with Crippen molar-refractivity contribution in [2.75, 3.05) is 18.8 Å². The zero-order valence-corrected chi connectivity index (χ0v) is 18.2. The summed E-state index contributed by atoms with van der Waals surface area (Å²) in [6, 6.07) is 13.6. The first kappa shape index (κ1) is 22.3. The van der Waals surface area contributed by atoms with E-state index in [1.165, 1.54) is 16.1 Å². The molecule has 1 saturated heterocycles. The molecule has 1 aliphatic rings. The molecule has 0 saturated carbocycles. The maximum absolute atomic E-state index is 12.9. The van der Waals surface area contributed by atoms with Crippen molar-refractivity contribution in [1.82, 2.24) is 9.62 Å². The zero-order chi connectivity index (χ0) is 21.6. The number of benzene rings is 2. The summed E-state index contributed by atoms with van der Waals surface area (Å²) in [5.74, 6) is -0.672. The average Bonchev–Trinajstić information content (AvgIpc) is 2.77. The van der Waals surface area contributed by atoms with Crippen LogP contribution in [-0.4, -0.2) is 43.4 Å². The van der Waals surface area contributed by atoms with Crippen molar-refractivity contribution in [3.63, 3.8) is 0 Å². The van der Waals surface area contributed by atoms with Crippen LogP contribution in [0.1, 0.15) is 35.2 Å². The molecule has 0 bridgehead atoms. The van der Waals surface area contributed by atoms with Gasteiger partial charge < -0.3 is 11.1 Å². The maximum atomic E-state index is 12.9. The molecular formula is C21H25N3O4S2. The number of carbonyl (C=O) groups excluding carboxylic acids is 2. The molecule has 1 heterocycles. The molecule has 1 fully saturated rings. The molecule has 2 aromatic rings. The first-order valence-electron chi connectivity index (χ1n) is 9.75. The Morgan fingerprint density at radius 1 is 1.03 bits per heavy atom. The number of hydrogen-bond acceptors (Lipinski definition) is 5. The van der Waals surface area contributed by atoms with Crippen molar-refractivity contribution in [2.45, 2.75) is 35.6 Å². The van der Waals surface area contributed by atoms with E-state index in [2.05, 4.69) is 5.32 Å². The van der Waals surface area contributed by atoms with Gasteiger partial charge in [-0.05, 0) is 42.7 Å².